The topological polar surface area (TPSA) is 15.3 Å². The summed E-state index contributed by atoms with van der Waals surface area (Å²) in [5.41, 5.74) is 4.28. The maximum atomic E-state index is 3.54. The predicted molar refractivity (Wildman–Crippen MR) is 92.5 cm³/mol. The number of thiophene rings is 1. The highest BCUT2D eigenvalue weighted by Crippen LogP contribution is 2.13. The maximum absolute atomic E-state index is 3.54. The lowest BCUT2D eigenvalue weighted by Gasteiger charge is -2.21. The average Bonchev–Trinajstić information content (AvgIpc) is 2.88. The van der Waals surface area contributed by atoms with E-state index < -0.39 is 0 Å². The Morgan fingerprint density at radius 2 is 1.76 bits per heavy atom. The highest BCUT2D eigenvalue weighted by atomic mass is 32.1. The van der Waals surface area contributed by atoms with Crippen LogP contribution in [0.25, 0.3) is 0 Å². The first-order valence-corrected chi connectivity index (χ1v) is 8.39. The number of rotatable bonds is 6. The van der Waals surface area contributed by atoms with Gasteiger partial charge in [0.1, 0.15) is 0 Å². The molecule has 21 heavy (non-hydrogen) atoms. The number of benzene rings is 1. The number of nitrogens with one attached hydrogen (secondary N) is 1. The van der Waals surface area contributed by atoms with Gasteiger partial charge in [0.15, 0.2) is 0 Å². The Morgan fingerprint density at radius 3 is 2.43 bits per heavy atom. The van der Waals surface area contributed by atoms with Gasteiger partial charge in [-0.3, -0.25) is 4.90 Å². The minimum Gasteiger partial charge on any atom is -0.308 e. The van der Waals surface area contributed by atoms with E-state index in [2.05, 4.69) is 79.1 Å². The van der Waals surface area contributed by atoms with Crippen molar-refractivity contribution in [3.05, 3.63) is 57.8 Å². The molecule has 1 aromatic carbocycles. The Kier molecular flexibility index (Phi) is 5.57. The zero-order chi connectivity index (χ0) is 15.3. The van der Waals surface area contributed by atoms with Crippen LogP contribution in [0.3, 0.4) is 0 Å². The fourth-order valence-corrected chi connectivity index (χ4v) is 2.93. The molecule has 0 radical (unpaired) electrons. The first-order valence-electron chi connectivity index (χ1n) is 7.45. The SMILES string of the molecule is CN(Cc1ccsc1)Cc1cccc(CNC(C)(C)C)c1. The van der Waals surface area contributed by atoms with E-state index in [1.54, 1.807) is 11.3 Å². The van der Waals surface area contributed by atoms with Crippen LogP contribution in [-0.4, -0.2) is 17.5 Å². The van der Waals surface area contributed by atoms with E-state index in [0.29, 0.717) is 0 Å². The van der Waals surface area contributed by atoms with Gasteiger partial charge < -0.3 is 5.32 Å². The Bertz CT molecular complexity index is 541. The third-order valence-corrected chi connectivity index (χ3v) is 4.03. The number of hydrogen-bond donors (Lipinski definition) is 1. The largest absolute Gasteiger partial charge is 0.308 e. The fourth-order valence-electron chi connectivity index (χ4n) is 2.27. The van der Waals surface area contributed by atoms with Crippen molar-refractivity contribution < 1.29 is 0 Å². The second-order valence-electron chi connectivity index (χ2n) is 6.73. The summed E-state index contributed by atoms with van der Waals surface area (Å²) in [5.74, 6) is 0. The molecule has 0 amide bonds. The van der Waals surface area contributed by atoms with Crippen LogP contribution in [0.4, 0.5) is 0 Å². The Morgan fingerprint density at radius 1 is 1.05 bits per heavy atom. The van der Waals surface area contributed by atoms with Gasteiger partial charge in [-0.2, -0.15) is 11.3 Å². The van der Waals surface area contributed by atoms with Gasteiger partial charge in [0.05, 0.1) is 0 Å². The summed E-state index contributed by atoms with van der Waals surface area (Å²) in [7, 11) is 2.18. The van der Waals surface area contributed by atoms with Gasteiger partial charge in [-0.15, -0.1) is 0 Å². The molecule has 0 atom stereocenters. The average molecular weight is 302 g/mol. The number of hydrogen-bond acceptors (Lipinski definition) is 3. The minimum absolute atomic E-state index is 0.158. The highest BCUT2D eigenvalue weighted by molar-refractivity contribution is 7.07. The van der Waals surface area contributed by atoms with E-state index in [4.69, 9.17) is 0 Å². The standard InChI is InChI=1S/C18H26N2S/c1-18(2,3)19-11-15-6-5-7-16(10-15)12-20(4)13-17-8-9-21-14-17/h5-10,14,19H,11-13H2,1-4H3. The second kappa shape index (κ2) is 7.21. The highest BCUT2D eigenvalue weighted by Gasteiger charge is 2.09. The molecule has 0 spiro atoms. The lowest BCUT2D eigenvalue weighted by atomic mass is 10.1. The van der Waals surface area contributed by atoms with Crippen molar-refractivity contribution in [3.63, 3.8) is 0 Å². The Balaban J connectivity index is 1.91. The van der Waals surface area contributed by atoms with Crippen molar-refractivity contribution in [1.29, 1.82) is 0 Å². The van der Waals surface area contributed by atoms with Crippen LogP contribution in [0.1, 0.15) is 37.5 Å². The zero-order valence-corrected chi connectivity index (χ0v) is 14.3. The zero-order valence-electron chi connectivity index (χ0n) is 13.5. The molecule has 0 unspecified atom stereocenters. The third kappa shape index (κ3) is 6.00. The Hall–Kier alpha value is -1.16. The lowest BCUT2D eigenvalue weighted by Crippen LogP contribution is -2.35. The molecule has 2 rings (SSSR count). The summed E-state index contributed by atoms with van der Waals surface area (Å²) in [5, 5.41) is 7.91. The predicted octanol–water partition coefficient (Wildman–Crippen LogP) is 4.27. The molecule has 0 fully saturated rings. The van der Waals surface area contributed by atoms with Gasteiger partial charge in [0, 0.05) is 25.2 Å². The van der Waals surface area contributed by atoms with Gasteiger partial charge in [-0.25, -0.2) is 0 Å². The van der Waals surface area contributed by atoms with E-state index in [0.717, 1.165) is 19.6 Å². The molecule has 1 N–H and O–H groups in total. The summed E-state index contributed by atoms with van der Waals surface area (Å²) in [4.78, 5) is 2.36. The lowest BCUT2D eigenvalue weighted by molar-refractivity contribution is 0.319. The molecule has 2 aromatic rings. The fraction of sp³-hybridized carbons (Fsp3) is 0.444. The van der Waals surface area contributed by atoms with Crippen LogP contribution >= 0.6 is 11.3 Å². The molecular weight excluding hydrogens is 276 g/mol. The van der Waals surface area contributed by atoms with E-state index in [-0.39, 0.29) is 5.54 Å². The van der Waals surface area contributed by atoms with Crippen molar-refractivity contribution in [2.45, 2.75) is 45.9 Å². The normalized spacial score (nSPS) is 12.0. The molecule has 0 bridgehead atoms. The monoisotopic (exact) mass is 302 g/mol. The molecule has 0 aliphatic carbocycles. The quantitative estimate of drug-likeness (QED) is 0.857. The first kappa shape index (κ1) is 16.2. The summed E-state index contributed by atoms with van der Waals surface area (Å²) in [6.07, 6.45) is 0. The number of nitrogens with zero attached hydrogens (tertiary/aromatic N) is 1. The van der Waals surface area contributed by atoms with Crippen LogP contribution in [0.2, 0.25) is 0 Å². The van der Waals surface area contributed by atoms with Gasteiger partial charge in [-0.05, 0) is 61.3 Å². The van der Waals surface area contributed by atoms with E-state index in [9.17, 15) is 0 Å². The molecule has 0 aliphatic rings. The first-order chi connectivity index (χ1) is 9.92. The van der Waals surface area contributed by atoms with Crippen molar-refractivity contribution in [1.82, 2.24) is 10.2 Å². The third-order valence-electron chi connectivity index (χ3n) is 3.30. The van der Waals surface area contributed by atoms with Gasteiger partial charge in [0.25, 0.3) is 0 Å². The smallest absolute Gasteiger partial charge is 0.0242 e. The molecule has 1 aromatic heterocycles. The molecule has 0 saturated heterocycles. The molecule has 2 nitrogen and oxygen atoms in total. The van der Waals surface area contributed by atoms with Crippen molar-refractivity contribution in [3.8, 4) is 0 Å². The molecule has 1 heterocycles. The van der Waals surface area contributed by atoms with Gasteiger partial charge in [0.2, 0.25) is 0 Å². The van der Waals surface area contributed by atoms with Crippen LogP contribution in [-0.2, 0) is 19.6 Å². The Labute approximate surface area is 132 Å². The summed E-state index contributed by atoms with van der Waals surface area (Å²) in [6.45, 7) is 9.52. The molecule has 114 valence electrons. The van der Waals surface area contributed by atoms with Crippen molar-refractivity contribution in [2.75, 3.05) is 7.05 Å². The van der Waals surface area contributed by atoms with Crippen LogP contribution < -0.4 is 5.32 Å². The molecule has 0 aliphatic heterocycles. The molecular formula is C18H26N2S. The van der Waals surface area contributed by atoms with E-state index >= 15 is 0 Å². The summed E-state index contributed by atoms with van der Waals surface area (Å²) < 4.78 is 0. The van der Waals surface area contributed by atoms with Crippen LogP contribution in [0.5, 0.6) is 0 Å². The molecule has 0 saturated carbocycles. The minimum atomic E-state index is 0.158. The maximum Gasteiger partial charge on any atom is 0.0242 e. The summed E-state index contributed by atoms with van der Waals surface area (Å²) in [6, 6.07) is 11.1. The van der Waals surface area contributed by atoms with Crippen LogP contribution in [0, 0.1) is 0 Å². The van der Waals surface area contributed by atoms with Crippen molar-refractivity contribution in [2.24, 2.45) is 0 Å². The molecule has 3 heteroatoms. The van der Waals surface area contributed by atoms with Gasteiger partial charge >= 0.3 is 0 Å². The summed E-state index contributed by atoms with van der Waals surface area (Å²) >= 11 is 1.76. The second-order valence-corrected chi connectivity index (χ2v) is 7.51. The van der Waals surface area contributed by atoms with Crippen molar-refractivity contribution >= 4 is 11.3 Å². The van der Waals surface area contributed by atoms with E-state index in [1.165, 1.54) is 16.7 Å². The van der Waals surface area contributed by atoms with Crippen LogP contribution in [0.15, 0.2) is 41.1 Å². The van der Waals surface area contributed by atoms with E-state index in [1.807, 2.05) is 0 Å². The van der Waals surface area contributed by atoms with Gasteiger partial charge in [-0.1, -0.05) is 24.3 Å².